The zero-order valence-electron chi connectivity index (χ0n) is 9.88. The molecule has 5 N–H and O–H groups in total. The number of amides is 1. The van der Waals surface area contributed by atoms with Gasteiger partial charge >= 0.3 is 0 Å². The predicted molar refractivity (Wildman–Crippen MR) is 65.0 cm³/mol. The standard InChI is InChI=1S/C11H15N3O4/c1-18-8-4-2-3-7(10(8)15)11(16)13-6-5-9(12)14-17/h2-4,15,17H,5-6H2,1H3,(H2,12,14)(H,13,16). The molecule has 1 amide bonds. The minimum atomic E-state index is -0.461. The number of nitrogens with one attached hydrogen (secondary N) is 1. The summed E-state index contributed by atoms with van der Waals surface area (Å²) in [6, 6.07) is 4.61. The van der Waals surface area contributed by atoms with Crippen LogP contribution >= 0.6 is 0 Å². The zero-order valence-corrected chi connectivity index (χ0v) is 9.88. The van der Waals surface area contributed by atoms with E-state index in [1.807, 2.05) is 0 Å². The van der Waals surface area contributed by atoms with Gasteiger partial charge in [0.2, 0.25) is 0 Å². The monoisotopic (exact) mass is 253 g/mol. The number of hydrogen-bond acceptors (Lipinski definition) is 5. The number of ether oxygens (including phenoxy) is 1. The Morgan fingerprint density at radius 2 is 2.28 bits per heavy atom. The molecule has 0 atom stereocenters. The molecule has 18 heavy (non-hydrogen) atoms. The first kappa shape index (κ1) is 13.6. The summed E-state index contributed by atoms with van der Waals surface area (Å²) in [7, 11) is 1.40. The van der Waals surface area contributed by atoms with Crippen molar-refractivity contribution >= 4 is 11.7 Å². The highest BCUT2D eigenvalue weighted by Gasteiger charge is 2.14. The van der Waals surface area contributed by atoms with Crippen LogP contribution in [0.2, 0.25) is 0 Å². The van der Waals surface area contributed by atoms with Crippen LogP contribution < -0.4 is 15.8 Å². The van der Waals surface area contributed by atoms with Crippen molar-refractivity contribution in [3.05, 3.63) is 23.8 Å². The summed E-state index contributed by atoms with van der Waals surface area (Å²) in [5, 5.41) is 23.4. The lowest BCUT2D eigenvalue weighted by atomic mass is 10.1. The van der Waals surface area contributed by atoms with E-state index >= 15 is 0 Å². The van der Waals surface area contributed by atoms with Crippen LogP contribution in [0, 0.1) is 0 Å². The fraction of sp³-hybridized carbons (Fsp3) is 0.273. The fourth-order valence-electron chi connectivity index (χ4n) is 1.32. The molecule has 0 fully saturated rings. The number of rotatable bonds is 5. The number of hydrogen-bond donors (Lipinski definition) is 4. The molecule has 0 heterocycles. The third-order valence-corrected chi connectivity index (χ3v) is 2.26. The number of phenolic OH excluding ortho intramolecular Hbond substituents is 1. The molecular weight excluding hydrogens is 238 g/mol. The first-order chi connectivity index (χ1) is 8.60. The summed E-state index contributed by atoms with van der Waals surface area (Å²) in [5.41, 5.74) is 5.36. The lowest BCUT2D eigenvalue weighted by molar-refractivity contribution is 0.0951. The van der Waals surface area contributed by atoms with Crippen molar-refractivity contribution in [3.8, 4) is 11.5 Å². The molecule has 1 aromatic rings. The van der Waals surface area contributed by atoms with Crippen LogP contribution in [0.25, 0.3) is 0 Å². The maximum atomic E-state index is 11.7. The van der Waals surface area contributed by atoms with Crippen LogP contribution in [-0.4, -0.2) is 35.7 Å². The second-order valence-electron chi connectivity index (χ2n) is 3.45. The highest BCUT2D eigenvalue weighted by Crippen LogP contribution is 2.28. The van der Waals surface area contributed by atoms with Crippen molar-refractivity contribution in [2.45, 2.75) is 6.42 Å². The van der Waals surface area contributed by atoms with E-state index in [0.717, 1.165) is 0 Å². The van der Waals surface area contributed by atoms with Gasteiger partial charge in [-0.3, -0.25) is 4.79 Å². The van der Waals surface area contributed by atoms with Gasteiger partial charge < -0.3 is 26.1 Å². The van der Waals surface area contributed by atoms with Gasteiger partial charge in [0, 0.05) is 13.0 Å². The highest BCUT2D eigenvalue weighted by molar-refractivity contribution is 5.97. The third-order valence-electron chi connectivity index (χ3n) is 2.26. The van der Waals surface area contributed by atoms with E-state index in [4.69, 9.17) is 15.7 Å². The fourth-order valence-corrected chi connectivity index (χ4v) is 1.32. The molecule has 7 heteroatoms. The number of carbonyl (C=O) groups excluding carboxylic acids is 1. The summed E-state index contributed by atoms with van der Waals surface area (Å²) < 4.78 is 4.89. The average molecular weight is 253 g/mol. The van der Waals surface area contributed by atoms with Crippen molar-refractivity contribution in [2.24, 2.45) is 10.9 Å². The number of carbonyl (C=O) groups is 1. The number of nitrogens with two attached hydrogens (primary N) is 1. The van der Waals surface area contributed by atoms with Crippen molar-refractivity contribution in [1.29, 1.82) is 0 Å². The normalized spacial score (nSPS) is 11.1. The molecule has 7 nitrogen and oxygen atoms in total. The summed E-state index contributed by atoms with van der Waals surface area (Å²) in [4.78, 5) is 11.7. The quantitative estimate of drug-likeness (QED) is 0.260. The number of para-hydroxylation sites is 1. The highest BCUT2D eigenvalue weighted by atomic mass is 16.5. The minimum absolute atomic E-state index is 0.0187. The number of methoxy groups -OCH3 is 1. The van der Waals surface area contributed by atoms with Crippen LogP contribution in [0.1, 0.15) is 16.8 Å². The Balaban J connectivity index is 2.67. The molecule has 1 aromatic carbocycles. The van der Waals surface area contributed by atoms with Crippen LogP contribution in [0.5, 0.6) is 11.5 Å². The topological polar surface area (TPSA) is 117 Å². The van der Waals surface area contributed by atoms with Crippen molar-refractivity contribution in [2.75, 3.05) is 13.7 Å². The molecule has 0 aliphatic rings. The maximum absolute atomic E-state index is 11.7. The van der Waals surface area contributed by atoms with Gasteiger partial charge in [0.05, 0.1) is 12.7 Å². The van der Waals surface area contributed by atoms with Gasteiger partial charge in [-0.2, -0.15) is 0 Å². The largest absolute Gasteiger partial charge is 0.504 e. The van der Waals surface area contributed by atoms with Gasteiger partial charge in [0.1, 0.15) is 5.84 Å². The van der Waals surface area contributed by atoms with Gasteiger partial charge in [-0.15, -0.1) is 0 Å². The number of amidine groups is 1. The lowest BCUT2D eigenvalue weighted by Crippen LogP contribution is -2.28. The van der Waals surface area contributed by atoms with Crippen LogP contribution in [0.4, 0.5) is 0 Å². The van der Waals surface area contributed by atoms with Crippen molar-refractivity contribution in [3.63, 3.8) is 0 Å². The van der Waals surface area contributed by atoms with Gasteiger partial charge in [-0.25, -0.2) is 0 Å². The van der Waals surface area contributed by atoms with Crippen molar-refractivity contribution < 1.29 is 19.8 Å². The van der Waals surface area contributed by atoms with Crippen molar-refractivity contribution in [1.82, 2.24) is 5.32 Å². The Hall–Kier alpha value is -2.44. The summed E-state index contributed by atoms with van der Waals surface area (Å²) in [6.07, 6.45) is 0.215. The van der Waals surface area contributed by atoms with Crippen LogP contribution in [0.3, 0.4) is 0 Å². The van der Waals surface area contributed by atoms with E-state index in [0.29, 0.717) is 0 Å². The minimum Gasteiger partial charge on any atom is -0.504 e. The molecule has 0 saturated carbocycles. The van der Waals surface area contributed by atoms with E-state index in [2.05, 4.69) is 10.5 Å². The average Bonchev–Trinajstić information content (AvgIpc) is 2.38. The second kappa shape index (κ2) is 6.33. The van der Waals surface area contributed by atoms with Gasteiger partial charge in [0.25, 0.3) is 5.91 Å². The van der Waals surface area contributed by atoms with E-state index < -0.39 is 5.91 Å². The summed E-state index contributed by atoms with van der Waals surface area (Å²) in [6.45, 7) is 0.200. The molecule has 0 spiro atoms. The van der Waals surface area contributed by atoms with Gasteiger partial charge in [0.15, 0.2) is 11.5 Å². The Bertz CT molecular complexity index is 460. The molecular formula is C11H15N3O4. The molecule has 0 aliphatic heterocycles. The molecule has 0 aromatic heterocycles. The van der Waals surface area contributed by atoms with Crippen LogP contribution in [0.15, 0.2) is 23.4 Å². The molecule has 0 aliphatic carbocycles. The summed E-state index contributed by atoms with van der Waals surface area (Å²) >= 11 is 0. The van der Waals surface area contributed by atoms with E-state index in [9.17, 15) is 9.90 Å². The molecule has 98 valence electrons. The SMILES string of the molecule is COc1cccc(C(=O)NCCC(N)=NO)c1O. The first-order valence-corrected chi connectivity index (χ1v) is 5.20. The number of aromatic hydroxyl groups is 1. The number of oxime groups is 1. The molecule has 0 saturated heterocycles. The Morgan fingerprint density at radius 1 is 1.56 bits per heavy atom. The Labute approximate surface area is 104 Å². The zero-order chi connectivity index (χ0) is 13.5. The summed E-state index contributed by atoms with van der Waals surface area (Å²) in [5.74, 6) is -0.442. The maximum Gasteiger partial charge on any atom is 0.255 e. The number of nitrogens with zero attached hydrogens (tertiary/aromatic N) is 1. The number of phenols is 1. The third kappa shape index (κ3) is 3.27. The van der Waals surface area contributed by atoms with Gasteiger partial charge in [-0.1, -0.05) is 11.2 Å². The van der Waals surface area contributed by atoms with E-state index in [1.165, 1.54) is 13.2 Å². The molecule has 0 unspecified atom stereocenters. The Kier molecular flexibility index (Phi) is 4.79. The second-order valence-corrected chi connectivity index (χ2v) is 3.45. The van der Waals surface area contributed by atoms with Gasteiger partial charge in [-0.05, 0) is 12.1 Å². The lowest BCUT2D eigenvalue weighted by Gasteiger charge is -2.09. The van der Waals surface area contributed by atoms with Crippen LogP contribution in [-0.2, 0) is 0 Å². The first-order valence-electron chi connectivity index (χ1n) is 5.20. The molecule has 0 bridgehead atoms. The Morgan fingerprint density at radius 3 is 2.89 bits per heavy atom. The smallest absolute Gasteiger partial charge is 0.255 e. The van der Waals surface area contributed by atoms with E-state index in [1.54, 1.807) is 12.1 Å². The molecule has 1 rings (SSSR count). The molecule has 0 radical (unpaired) electrons. The predicted octanol–water partition coefficient (Wildman–Crippen LogP) is 0.267. The number of benzene rings is 1. The van der Waals surface area contributed by atoms with E-state index in [-0.39, 0.29) is 35.9 Å².